The summed E-state index contributed by atoms with van der Waals surface area (Å²) in [7, 11) is 1.53. The van der Waals surface area contributed by atoms with Crippen LogP contribution in [0.4, 0.5) is 0 Å². The van der Waals surface area contributed by atoms with Crippen molar-refractivity contribution >= 4 is 17.5 Å². The number of methoxy groups -OCH3 is 1. The largest absolute Gasteiger partial charge is 0.493 e. The molecule has 1 aliphatic heterocycles. The van der Waals surface area contributed by atoms with Crippen LogP contribution in [0.2, 0.25) is 5.02 Å². The predicted octanol–water partition coefficient (Wildman–Crippen LogP) is 3.22. The average molecular weight is 391 g/mol. The first-order valence-corrected chi connectivity index (χ1v) is 9.19. The molecule has 1 amide bonds. The number of amides is 1. The highest BCUT2D eigenvalue weighted by atomic mass is 35.5. The van der Waals surface area contributed by atoms with Gasteiger partial charge in [0.2, 0.25) is 0 Å². The molecule has 1 aliphatic rings. The molecule has 0 unspecified atom stereocenters. The van der Waals surface area contributed by atoms with Gasteiger partial charge in [-0.2, -0.15) is 0 Å². The zero-order chi connectivity index (χ0) is 19.2. The summed E-state index contributed by atoms with van der Waals surface area (Å²) >= 11 is 6.32. The van der Waals surface area contributed by atoms with Crippen molar-refractivity contribution in [1.29, 1.82) is 0 Å². The van der Waals surface area contributed by atoms with Gasteiger partial charge in [0.25, 0.3) is 5.91 Å². The number of rotatable bonds is 7. The third-order valence-corrected chi connectivity index (χ3v) is 4.67. The molecule has 3 N–H and O–H groups in total. The smallest absolute Gasteiger partial charge is 0.255 e. The highest BCUT2D eigenvalue weighted by Crippen LogP contribution is 2.37. The van der Waals surface area contributed by atoms with Crippen LogP contribution < -0.4 is 25.3 Å². The minimum Gasteiger partial charge on any atom is -0.493 e. The third-order valence-electron chi connectivity index (χ3n) is 4.39. The monoisotopic (exact) mass is 390 g/mol. The zero-order valence-corrected chi connectivity index (χ0v) is 15.9. The third kappa shape index (κ3) is 4.84. The van der Waals surface area contributed by atoms with Crippen molar-refractivity contribution in [3.8, 4) is 17.2 Å². The molecule has 2 aromatic carbocycles. The second-order valence-corrected chi connectivity index (χ2v) is 6.73. The number of primary amides is 1. The van der Waals surface area contributed by atoms with Gasteiger partial charge in [-0.1, -0.05) is 29.8 Å². The average Bonchev–Trinajstić information content (AvgIpc) is 2.87. The molecule has 0 saturated heterocycles. The summed E-state index contributed by atoms with van der Waals surface area (Å²) in [6.45, 7) is 1.07. The normalized spacial score (nSPS) is 16.0. The van der Waals surface area contributed by atoms with Crippen molar-refractivity contribution in [1.82, 2.24) is 5.32 Å². The maximum atomic E-state index is 10.9. The van der Waals surface area contributed by atoms with E-state index >= 15 is 0 Å². The summed E-state index contributed by atoms with van der Waals surface area (Å²) < 4.78 is 16.5. The minimum absolute atomic E-state index is 0.194. The van der Waals surface area contributed by atoms with E-state index in [2.05, 4.69) is 11.4 Å². The molecule has 7 heteroatoms. The Kier molecular flexibility index (Phi) is 6.42. The lowest BCUT2D eigenvalue weighted by atomic mass is 10.0. The molecule has 2 aromatic rings. The topological polar surface area (TPSA) is 82.8 Å². The van der Waals surface area contributed by atoms with Gasteiger partial charge in [0.15, 0.2) is 18.1 Å². The van der Waals surface area contributed by atoms with E-state index in [1.54, 1.807) is 6.07 Å². The lowest BCUT2D eigenvalue weighted by Crippen LogP contribution is -2.21. The van der Waals surface area contributed by atoms with E-state index in [9.17, 15) is 4.79 Å². The molecule has 27 heavy (non-hydrogen) atoms. The standard InChI is InChI=1S/C20H23ClN2O4/c1-25-18-10-13(9-15(21)20(18)27-12-19(22)24)11-23-16-6-4-8-26-17-7-3-2-5-14(16)17/h2-3,5,7,9-10,16,23H,4,6,8,11-12H2,1H3,(H2,22,24)/t16-/m0/s1. The summed E-state index contributed by atoms with van der Waals surface area (Å²) in [5, 5.41) is 3.95. The maximum absolute atomic E-state index is 10.9. The van der Waals surface area contributed by atoms with Gasteiger partial charge in [0.1, 0.15) is 5.75 Å². The molecule has 144 valence electrons. The van der Waals surface area contributed by atoms with Crippen LogP contribution in [0.3, 0.4) is 0 Å². The van der Waals surface area contributed by atoms with Crippen molar-refractivity contribution < 1.29 is 19.0 Å². The van der Waals surface area contributed by atoms with E-state index in [1.807, 2.05) is 24.3 Å². The summed E-state index contributed by atoms with van der Waals surface area (Å²) in [5.74, 6) is 1.13. The van der Waals surface area contributed by atoms with Crippen LogP contribution in [-0.4, -0.2) is 26.2 Å². The van der Waals surface area contributed by atoms with Gasteiger partial charge in [-0.25, -0.2) is 0 Å². The van der Waals surface area contributed by atoms with Gasteiger partial charge >= 0.3 is 0 Å². The first-order valence-electron chi connectivity index (χ1n) is 8.81. The van der Waals surface area contributed by atoms with Crippen LogP contribution in [0, 0.1) is 0 Å². The number of carbonyl (C=O) groups excluding carboxylic acids is 1. The van der Waals surface area contributed by atoms with Gasteiger partial charge in [-0.15, -0.1) is 0 Å². The van der Waals surface area contributed by atoms with E-state index < -0.39 is 5.91 Å². The Morgan fingerprint density at radius 3 is 2.96 bits per heavy atom. The van der Waals surface area contributed by atoms with Gasteiger partial charge in [0.05, 0.1) is 18.7 Å². The molecule has 1 heterocycles. The van der Waals surface area contributed by atoms with Gasteiger partial charge in [0, 0.05) is 18.2 Å². The molecule has 0 bridgehead atoms. The molecular formula is C20H23ClN2O4. The number of para-hydroxylation sites is 1. The predicted molar refractivity (Wildman–Crippen MR) is 103 cm³/mol. The Bertz CT molecular complexity index is 813. The van der Waals surface area contributed by atoms with Crippen molar-refractivity contribution in [3.05, 3.63) is 52.5 Å². The highest BCUT2D eigenvalue weighted by molar-refractivity contribution is 6.32. The van der Waals surface area contributed by atoms with E-state index in [0.29, 0.717) is 23.1 Å². The molecule has 0 spiro atoms. The summed E-state index contributed by atoms with van der Waals surface area (Å²) in [6.07, 6.45) is 1.97. The Morgan fingerprint density at radius 1 is 1.37 bits per heavy atom. The number of fused-ring (bicyclic) bond motifs is 1. The molecule has 3 rings (SSSR count). The maximum Gasteiger partial charge on any atom is 0.255 e. The fourth-order valence-corrected chi connectivity index (χ4v) is 3.42. The first-order chi connectivity index (χ1) is 13.1. The van der Waals surface area contributed by atoms with Gasteiger partial charge in [-0.05, 0) is 36.6 Å². The number of carbonyl (C=O) groups is 1. The number of hydrogen-bond acceptors (Lipinski definition) is 5. The Balaban J connectivity index is 1.74. The molecular weight excluding hydrogens is 368 g/mol. The van der Waals surface area contributed by atoms with Gasteiger partial charge < -0.3 is 25.3 Å². The fourth-order valence-electron chi connectivity index (χ4n) is 3.14. The Labute approximate surface area is 163 Å². The summed E-state index contributed by atoms with van der Waals surface area (Å²) in [5.41, 5.74) is 7.24. The van der Waals surface area contributed by atoms with E-state index in [4.69, 9.17) is 31.5 Å². The van der Waals surface area contributed by atoms with Gasteiger partial charge in [-0.3, -0.25) is 4.79 Å². The fraction of sp³-hybridized carbons (Fsp3) is 0.350. The number of nitrogens with one attached hydrogen (secondary N) is 1. The molecule has 0 aromatic heterocycles. The lowest BCUT2D eigenvalue weighted by molar-refractivity contribution is -0.119. The van der Waals surface area contributed by atoms with Crippen LogP contribution in [0.5, 0.6) is 17.2 Å². The van der Waals surface area contributed by atoms with Crippen LogP contribution >= 0.6 is 11.6 Å². The highest BCUT2D eigenvalue weighted by Gasteiger charge is 2.19. The molecule has 1 atom stereocenters. The minimum atomic E-state index is -0.576. The van der Waals surface area contributed by atoms with Crippen molar-refractivity contribution in [2.75, 3.05) is 20.3 Å². The molecule has 6 nitrogen and oxygen atoms in total. The second-order valence-electron chi connectivity index (χ2n) is 6.33. The van der Waals surface area contributed by atoms with E-state index in [0.717, 1.165) is 36.3 Å². The van der Waals surface area contributed by atoms with Crippen LogP contribution in [0.1, 0.15) is 30.0 Å². The van der Waals surface area contributed by atoms with Crippen LogP contribution in [0.15, 0.2) is 36.4 Å². The molecule has 0 aliphatic carbocycles. The lowest BCUT2D eigenvalue weighted by Gasteiger charge is -2.19. The first kappa shape index (κ1) is 19.3. The van der Waals surface area contributed by atoms with Crippen molar-refractivity contribution in [3.63, 3.8) is 0 Å². The van der Waals surface area contributed by atoms with E-state index in [-0.39, 0.29) is 12.6 Å². The van der Waals surface area contributed by atoms with Crippen molar-refractivity contribution in [2.24, 2.45) is 5.73 Å². The van der Waals surface area contributed by atoms with Crippen LogP contribution in [0.25, 0.3) is 0 Å². The number of benzene rings is 2. The Morgan fingerprint density at radius 2 is 2.19 bits per heavy atom. The number of nitrogens with two attached hydrogens (primary N) is 1. The molecule has 0 saturated carbocycles. The molecule has 0 radical (unpaired) electrons. The summed E-state index contributed by atoms with van der Waals surface area (Å²) in [6, 6.07) is 11.9. The quantitative estimate of drug-likeness (QED) is 0.758. The van der Waals surface area contributed by atoms with Crippen LogP contribution in [-0.2, 0) is 11.3 Å². The zero-order valence-electron chi connectivity index (χ0n) is 15.2. The van der Waals surface area contributed by atoms with Crippen molar-refractivity contribution in [2.45, 2.75) is 25.4 Å². The molecule has 0 fully saturated rings. The Hall–Kier alpha value is -2.44. The second kappa shape index (κ2) is 8.97. The van der Waals surface area contributed by atoms with E-state index in [1.165, 1.54) is 7.11 Å². The number of halogens is 1. The summed E-state index contributed by atoms with van der Waals surface area (Å²) in [4.78, 5) is 10.9. The number of hydrogen-bond donors (Lipinski definition) is 2. The SMILES string of the molecule is COc1cc(CN[C@H]2CCCOc3ccccc32)cc(Cl)c1OCC(N)=O. The number of ether oxygens (including phenoxy) is 3.